The van der Waals surface area contributed by atoms with Gasteiger partial charge in [0.2, 0.25) is 11.8 Å². The van der Waals surface area contributed by atoms with Crippen molar-refractivity contribution in [1.82, 2.24) is 9.97 Å². The van der Waals surface area contributed by atoms with Crippen molar-refractivity contribution in [2.45, 2.75) is 47.5 Å². The highest BCUT2D eigenvalue weighted by Crippen LogP contribution is 2.20. The van der Waals surface area contributed by atoms with E-state index < -0.39 is 0 Å². The van der Waals surface area contributed by atoms with Gasteiger partial charge in [0.05, 0.1) is 6.61 Å². The molecule has 1 aromatic heterocycles. The summed E-state index contributed by atoms with van der Waals surface area (Å²) < 4.78 is 5.74. The van der Waals surface area contributed by atoms with Crippen LogP contribution in [-0.4, -0.2) is 23.1 Å². The van der Waals surface area contributed by atoms with Gasteiger partial charge in [-0.2, -0.15) is 4.98 Å². The molecule has 1 rings (SSSR count). The van der Waals surface area contributed by atoms with E-state index in [1.165, 1.54) is 0 Å². The Bertz CT molecular complexity index is 372. The molecule has 0 aliphatic rings. The Balaban J connectivity index is 2.58. The molecule has 0 saturated carbocycles. The molecule has 0 unspecified atom stereocenters. The van der Waals surface area contributed by atoms with Gasteiger partial charge in [-0.15, -0.1) is 0 Å². The molecule has 4 nitrogen and oxygen atoms in total. The van der Waals surface area contributed by atoms with Crippen LogP contribution in [0.4, 0.5) is 5.95 Å². The van der Waals surface area contributed by atoms with Gasteiger partial charge in [-0.3, -0.25) is 0 Å². The molecule has 0 saturated heterocycles. The normalized spacial score (nSPS) is 11.4. The topological polar surface area (TPSA) is 47.0 Å². The Morgan fingerprint density at radius 2 is 2.06 bits per heavy atom. The Labute approximate surface area is 110 Å². The SMILES string of the molecule is CCCNc1ncc(C)c(OCCC(C)(C)C)n1. The van der Waals surface area contributed by atoms with Gasteiger partial charge in [0, 0.05) is 18.3 Å². The number of hydrogen-bond donors (Lipinski definition) is 1. The van der Waals surface area contributed by atoms with Crippen LogP contribution in [0.25, 0.3) is 0 Å². The fourth-order valence-corrected chi connectivity index (χ4v) is 1.35. The third kappa shape index (κ3) is 5.34. The highest BCUT2D eigenvalue weighted by Gasteiger charge is 2.11. The number of hydrogen-bond acceptors (Lipinski definition) is 4. The molecule has 0 aromatic carbocycles. The van der Waals surface area contributed by atoms with E-state index in [4.69, 9.17) is 4.74 Å². The van der Waals surface area contributed by atoms with Gasteiger partial charge in [0.1, 0.15) is 0 Å². The van der Waals surface area contributed by atoms with Gasteiger partial charge in [-0.05, 0) is 25.2 Å². The van der Waals surface area contributed by atoms with Gasteiger partial charge >= 0.3 is 0 Å². The number of ether oxygens (including phenoxy) is 1. The molecule has 0 atom stereocenters. The monoisotopic (exact) mass is 251 g/mol. The van der Waals surface area contributed by atoms with Crippen LogP contribution in [-0.2, 0) is 0 Å². The largest absolute Gasteiger partial charge is 0.477 e. The zero-order valence-electron chi connectivity index (χ0n) is 12.2. The first kappa shape index (κ1) is 14.7. The fraction of sp³-hybridized carbons (Fsp3) is 0.714. The molecule has 1 N–H and O–H groups in total. The minimum absolute atomic E-state index is 0.282. The smallest absolute Gasteiger partial charge is 0.225 e. The van der Waals surface area contributed by atoms with Gasteiger partial charge < -0.3 is 10.1 Å². The predicted molar refractivity (Wildman–Crippen MR) is 75.1 cm³/mol. The lowest BCUT2D eigenvalue weighted by molar-refractivity contribution is 0.235. The summed E-state index contributed by atoms with van der Waals surface area (Å²) in [5.41, 5.74) is 1.26. The molecule has 0 spiro atoms. The zero-order chi connectivity index (χ0) is 13.6. The highest BCUT2D eigenvalue weighted by atomic mass is 16.5. The molecule has 102 valence electrons. The third-order valence-corrected chi connectivity index (χ3v) is 2.55. The second kappa shape index (κ2) is 6.57. The maximum absolute atomic E-state index is 5.74. The minimum atomic E-state index is 0.282. The number of aryl methyl sites for hydroxylation is 1. The first-order chi connectivity index (χ1) is 8.42. The molecule has 1 aromatic rings. The van der Waals surface area contributed by atoms with E-state index in [-0.39, 0.29) is 5.41 Å². The summed E-state index contributed by atoms with van der Waals surface area (Å²) in [7, 11) is 0. The molecule has 0 radical (unpaired) electrons. The van der Waals surface area contributed by atoms with E-state index in [9.17, 15) is 0 Å². The highest BCUT2D eigenvalue weighted by molar-refractivity contribution is 5.32. The summed E-state index contributed by atoms with van der Waals surface area (Å²) in [6.45, 7) is 12.3. The number of aromatic nitrogens is 2. The molecule has 0 bridgehead atoms. The van der Waals surface area contributed by atoms with Crippen molar-refractivity contribution in [2.24, 2.45) is 5.41 Å². The van der Waals surface area contributed by atoms with Crippen LogP contribution in [0.2, 0.25) is 0 Å². The van der Waals surface area contributed by atoms with Gasteiger partial charge in [0.15, 0.2) is 0 Å². The van der Waals surface area contributed by atoms with Crippen molar-refractivity contribution in [3.63, 3.8) is 0 Å². The van der Waals surface area contributed by atoms with Crippen molar-refractivity contribution >= 4 is 5.95 Å². The van der Waals surface area contributed by atoms with Gasteiger partial charge in [-0.1, -0.05) is 27.7 Å². The second-order valence-electron chi connectivity index (χ2n) is 5.77. The van der Waals surface area contributed by atoms with Crippen LogP contribution in [0.15, 0.2) is 6.20 Å². The molecular weight excluding hydrogens is 226 g/mol. The lowest BCUT2D eigenvalue weighted by Gasteiger charge is -2.18. The van der Waals surface area contributed by atoms with E-state index in [1.54, 1.807) is 6.20 Å². The first-order valence-corrected chi connectivity index (χ1v) is 6.62. The van der Waals surface area contributed by atoms with Crippen LogP contribution < -0.4 is 10.1 Å². The molecule has 18 heavy (non-hydrogen) atoms. The number of nitrogens with one attached hydrogen (secondary N) is 1. The summed E-state index contributed by atoms with van der Waals surface area (Å²) in [6, 6.07) is 0. The molecular formula is C14H25N3O. The maximum atomic E-state index is 5.74. The molecule has 0 amide bonds. The van der Waals surface area contributed by atoms with E-state index in [0.29, 0.717) is 18.4 Å². The summed E-state index contributed by atoms with van der Waals surface area (Å²) >= 11 is 0. The number of nitrogens with zero attached hydrogens (tertiary/aromatic N) is 2. The summed E-state index contributed by atoms with van der Waals surface area (Å²) in [4.78, 5) is 8.62. The first-order valence-electron chi connectivity index (χ1n) is 6.62. The maximum Gasteiger partial charge on any atom is 0.225 e. The Morgan fingerprint density at radius 1 is 1.33 bits per heavy atom. The van der Waals surface area contributed by atoms with Crippen molar-refractivity contribution in [3.8, 4) is 5.88 Å². The van der Waals surface area contributed by atoms with E-state index in [1.807, 2.05) is 6.92 Å². The van der Waals surface area contributed by atoms with Crippen LogP contribution >= 0.6 is 0 Å². The summed E-state index contributed by atoms with van der Waals surface area (Å²) in [5, 5.41) is 3.17. The van der Waals surface area contributed by atoms with Crippen LogP contribution in [0, 0.1) is 12.3 Å². The third-order valence-electron chi connectivity index (χ3n) is 2.55. The number of anilines is 1. The van der Waals surface area contributed by atoms with Crippen molar-refractivity contribution in [2.75, 3.05) is 18.5 Å². The van der Waals surface area contributed by atoms with Crippen LogP contribution in [0.3, 0.4) is 0 Å². The molecule has 1 heterocycles. The van der Waals surface area contributed by atoms with Crippen molar-refractivity contribution < 1.29 is 4.74 Å². The van der Waals surface area contributed by atoms with Crippen molar-refractivity contribution in [1.29, 1.82) is 0 Å². The fourth-order valence-electron chi connectivity index (χ4n) is 1.35. The standard InChI is InChI=1S/C14H25N3O/c1-6-8-15-13-16-10-11(2)12(17-13)18-9-7-14(3,4)5/h10H,6-9H2,1-5H3,(H,15,16,17). The molecule has 0 fully saturated rings. The van der Waals surface area contributed by atoms with E-state index in [2.05, 4.69) is 43.0 Å². The second-order valence-corrected chi connectivity index (χ2v) is 5.77. The van der Waals surface area contributed by atoms with Crippen LogP contribution in [0.5, 0.6) is 5.88 Å². The average Bonchev–Trinajstić information content (AvgIpc) is 2.28. The number of rotatable bonds is 6. The Morgan fingerprint density at radius 3 is 2.67 bits per heavy atom. The van der Waals surface area contributed by atoms with Gasteiger partial charge in [0.25, 0.3) is 0 Å². The zero-order valence-corrected chi connectivity index (χ0v) is 12.2. The Hall–Kier alpha value is -1.32. The molecule has 0 aliphatic carbocycles. The Kier molecular flexibility index (Phi) is 5.38. The predicted octanol–water partition coefficient (Wildman–Crippen LogP) is 3.42. The average molecular weight is 251 g/mol. The lowest BCUT2D eigenvalue weighted by Crippen LogP contribution is -2.13. The molecule has 0 aliphatic heterocycles. The van der Waals surface area contributed by atoms with Gasteiger partial charge in [-0.25, -0.2) is 4.98 Å². The van der Waals surface area contributed by atoms with Crippen LogP contribution in [0.1, 0.15) is 46.1 Å². The summed E-state index contributed by atoms with van der Waals surface area (Å²) in [6.07, 6.45) is 3.86. The molecule has 4 heteroatoms. The quantitative estimate of drug-likeness (QED) is 0.841. The lowest BCUT2D eigenvalue weighted by atomic mass is 9.93. The van der Waals surface area contributed by atoms with Crippen molar-refractivity contribution in [3.05, 3.63) is 11.8 Å². The van der Waals surface area contributed by atoms with E-state index in [0.717, 1.165) is 24.9 Å². The minimum Gasteiger partial charge on any atom is -0.477 e. The summed E-state index contributed by atoms with van der Waals surface area (Å²) in [5.74, 6) is 1.33. The van der Waals surface area contributed by atoms with E-state index >= 15 is 0 Å².